The van der Waals surface area contributed by atoms with Gasteiger partial charge in [-0.3, -0.25) is 14.6 Å². The van der Waals surface area contributed by atoms with Crippen molar-refractivity contribution in [3.8, 4) is 11.1 Å². The molecule has 0 radical (unpaired) electrons. The topological polar surface area (TPSA) is 79.7 Å². The maximum atomic E-state index is 13.2. The summed E-state index contributed by atoms with van der Waals surface area (Å²) in [5, 5.41) is 11.3. The number of piperidine rings is 1. The Morgan fingerprint density at radius 3 is 2.93 bits per heavy atom. The number of nitrogens with zero attached hydrogens (tertiary/aromatic N) is 5. The molecule has 3 aromatic rings. The zero-order valence-corrected chi connectivity index (χ0v) is 14.9. The molecule has 27 heavy (non-hydrogen) atoms. The summed E-state index contributed by atoms with van der Waals surface area (Å²) >= 11 is 0. The Morgan fingerprint density at radius 2 is 2.15 bits per heavy atom. The summed E-state index contributed by atoms with van der Waals surface area (Å²) in [4.78, 5) is 18.4. The van der Waals surface area contributed by atoms with Gasteiger partial charge >= 0.3 is 0 Å². The summed E-state index contributed by atoms with van der Waals surface area (Å²) in [6.07, 6.45) is 7.20. The molecule has 1 unspecified atom stereocenters. The third-order valence-corrected chi connectivity index (χ3v) is 5.03. The number of aromatic amines is 1. The molecule has 0 aliphatic carbocycles. The molecule has 0 spiro atoms. The van der Waals surface area contributed by atoms with Gasteiger partial charge in [0.2, 0.25) is 5.91 Å². The van der Waals surface area contributed by atoms with E-state index in [0.717, 1.165) is 36.2 Å². The van der Waals surface area contributed by atoms with Gasteiger partial charge < -0.3 is 4.90 Å². The third kappa shape index (κ3) is 3.89. The van der Waals surface area contributed by atoms with Gasteiger partial charge in [0.25, 0.3) is 0 Å². The molecular weight excluding hydrogens is 347 g/mol. The average Bonchev–Trinajstić information content (AvgIpc) is 3.39. The van der Waals surface area contributed by atoms with Crippen LogP contribution in [0.2, 0.25) is 0 Å². The second kappa shape index (κ2) is 7.69. The Balaban J connectivity index is 1.45. The molecule has 2 aromatic heterocycles. The van der Waals surface area contributed by atoms with E-state index in [9.17, 15) is 9.18 Å². The molecule has 4 rings (SSSR count). The second-order valence-corrected chi connectivity index (χ2v) is 6.79. The molecule has 7 nitrogen and oxygen atoms in total. The van der Waals surface area contributed by atoms with Crippen molar-refractivity contribution in [3.63, 3.8) is 0 Å². The average molecular weight is 368 g/mol. The third-order valence-electron chi connectivity index (χ3n) is 5.03. The van der Waals surface area contributed by atoms with Crippen LogP contribution in [0.4, 0.5) is 4.39 Å². The molecule has 1 aliphatic heterocycles. The van der Waals surface area contributed by atoms with Crippen molar-refractivity contribution in [2.75, 3.05) is 13.1 Å². The number of rotatable bonds is 5. The van der Waals surface area contributed by atoms with Gasteiger partial charge in [-0.25, -0.2) is 9.37 Å². The van der Waals surface area contributed by atoms with Crippen LogP contribution in [-0.2, 0) is 11.3 Å². The zero-order valence-electron chi connectivity index (χ0n) is 14.9. The Morgan fingerprint density at radius 1 is 1.30 bits per heavy atom. The van der Waals surface area contributed by atoms with Crippen molar-refractivity contribution in [1.29, 1.82) is 0 Å². The second-order valence-electron chi connectivity index (χ2n) is 6.79. The normalized spacial score (nSPS) is 17.2. The number of carbonyl (C=O) groups is 1. The van der Waals surface area contributed by atoms with Crippen LogP contribution in [0.15, 0.2) is 43.1 Å². The number of H-pyrrole nitrogens is 1. The first-order valence-electron chi connectivity index (χ1n) is 9.10. The number of hydrogen-bond donors (Lipinski definition) is 1. The Bertz CT molecular complexity index is 889. The van der Waals surface area contributed by atoms with Crippen LogP contribution in [-0.4, -0.2) is 48.9 Å². The molecule has 1 fully saturated rings. The number of halogens is 1. The van der Waals surface area contributed by atoms with E-state index in [1.54, 1.807) is 29.3 Å². The number of benzene rings is 1. The van der Waals surface area contributed by atoms with Crippen LogP contribution in [0.25, 0.3) is 11.1 Å². The van der Waals surface area contributed by atoms with Crippen LogP contribution in [0.1, 0.15) is 30.9 Å². The molecule has 1 atom stereocenters. The minimum atomic E-state index is -0.259. The van der Waals surface area contributed by atoms with E-state index in [-0.39, 0.29) is 17.6 Å². The van der Waals surface area contributed by atoms with E-state index in [0.29, 0.717) is 19.5 Å². The van der Waals surface area contributed by atoms with Crippen LogP contribution in [0.5, 0.6) is 0 Å². The van der Waals surface area contributed by atoms with Crippen LogP contribution >= 0.6 is 0 Å². The summed E-state index contributed by atoms with van der Waals surface area (Å²) in [7, 11) is 0. The number of carbonyl (C=O) groups excluding carboxylic acids is 1. The van der Waals surface area contributed by atoms with E-state index < -0.39 is 0 Å². The lowest BCUT2D eigenvalue weighted by molar-refractivity contribution is -0.132. The maximum Gasteiger partial charge on any atom is 0.224 e. The fourth-order valence-corrected chi connectivity index (χ4v) is 3.62. The lowest BCUT2D eigenvalue weighted by Gasteiger charge is -2.33. The highest BCUT2D eigenvalue weighted by molar-refractivity contribution is 5.76. The summed E-state index contributed by atoms with van der Waals surface area (Å²) in [6, 6.07) is 6.42. The van der Waals surface area contributed by atoms with Gasteiger partial charge in [0.1, 0.15) is 18.5 Å². The smallest absolute Gasteiger partial charge is 0.224 e. The SMILES string of the molecule is O=C(CCn1cncn1)N1CCCC(c2[nH]ncc2-c2ccc(F)cc2)C1. The molecule has 1 aliphatic rings. The van der Waals surface area contributed by atoms with Crippen molar-refractivity contribution in [2.24, 2.45) is 0 Å². The fraction of sp³-hybridized carbons (Fsp3) is 0.368. The number of amides is 1. The molecule has 0 bridgehead atoms. The van der Waals surface area contributed by atoms with E-state index in [2.05, 4.69) is 20.3 Å². The van der Waals surface area contributed by atoms with Crippen molar-refractivity contribution >= 4 is 5.91 Å². The summed E-state index contributed by atoms with van der Waals surface area (Å²) in [6.45, 7) is 1.96. The quantitative estimate of drug-likeness (QED) is 0.751. The minimum Gasteiger partial charge on any atom is -0.342 e. The van der Waals surface area contributed by atoms with Crippen molar-refractivity contribution < 1.29 is 9.18 Å². The standard InChI is InChI=1S/C19H21FN6O/c20-16-5-3-14(4-6-16)17-10-22-24-19(17)15-2-1-8-25(11-15)18(27)7-9-26-13-21-12-23-26/h3-6,10,12-13,15H,1-2,7-9,11H2,(H,22,24). The van der Waals surface area contributed by atoms with Gasteiger partial charge in [-0.2, -0.15) is 10.2 Å². The van der Waals surface area contributed by atoms with E-state index >= 15 is 0 Å². The first-order chi connectivity index (χ1) is 13.2. The Hall–Kier alpha value is -3.03. The molecule has 8 heteroatoms. The zero-order chi connectivity index (χ0) is 18.6. The number of nitrogens with one attached hydrogen (secondary N) is 1. The Kier molecular flexibility index (Phi) is 4.95. The molecule has 1 aromatic carbocycles. The number of aromatic nitrogens is 5. The van der Waals surface area contributed by atoms with E-state index in [4.69, 9.17) is 0 Å². The molecule has 1 saturated heterocycles. The maximum absolute atomic E-state index is 13.2. The highest BCUT2D eigenvalue weighted by Gasteiger charge is 2.27. The van der Waals surface area contributed by atoms with E-state index in [1.165, 1.54) is 18.5 Å². The first-order valence-corrected chi connectivity index (χ1v) is 9.10. The molecular formula is C19H21FN6O. The van der Waals surface area contributed by atoms with Gasteiger partial charge in [0, 0.05) is 36.7 Å². The van der Waals surface area contributed by atoms with E-state index in [1.807, 2.05) is 4.90 Å². The van der Waals surface area contributed by atoms with Crippen LogP contribution in [0, 0.1) is 5.82 Å². The van der Waals surface area contributed by atoms with Crippen molar-refractivity contribution in [2.45, 2.75) is 31.7 Å². The minimum absolute atomic E-state index is 0.123. The fourth-order valence-electron chi connectivity index (χ4n) is 3.62. The first kappa shape index (κ1) is 17.4. The van der Waals surface area contributed by atoms with Crippen LogP contribution < -0.4 is 0 Å². The van der Waals surface area contributed by atoms with Gasteiger partial charge in [-0.15, -0.1) is 0 Å². The monoisotopic (exact) mass is 368 g/mol. The lowest BCUT2D eigenvalue weighted by atomic mass is 9.90. The summed E-state index contributed by atoms with van der Waals surface area (Å²) in [5.41, 5.74) is 2.90. The molecule has 1 N–H and O–H groups in total. The molecule has 140 valence electrons. The predicted octanol–water partition coefficient (Wildman–Crippen LogP) is 2.60. The number of likely N-dealkylation sites (tertiary alicyclic amines) is 1. The molecule has 0 saturated carbocycles. The predicted molar refractivity (Wildman–Crippen MR) is 97.2 cm³/mol. The summed E-state index contributed by atoms with van der Waals surface area (Å²) < 4.78 is 14.9. The lowest BCUT2D eigenvalue weighted by Crippen LogP contribution is -2.39. The van der Waals surface area contributed by atoms with Crippen molar-refractivity contribution in [3.05, 3.63) is 54.6 Å². The van der Waals surface area contributed by atoms with Gasteiger partial charge in [0.05, 0.1) is 12.7 Å². The van der Waals surface area contributed by atoms with Crippen molar-refractivity contribution in [1.82, 2.24) is 29.9 Å². The van der Waals surface area contributed by atoms with Gasteiger partial charge in [0.15, 0.2) is 0 Å². The number of aryl methyl sites for hydroxylation is 1. The largest absolute Gasteiger partial charge is 0.342 e. The molecule has 3 heterocycles. The van der Waals surface area contributed by atoms with Crippen LogP contribution in [0.3, 0.4) is 0 Å². The highest BCUT2D eigenvalue weighted by atomic mass is 19.1. The van der Waals surface area contributed by atoms with Gasteiger partial charge in [-0.1, -0.05) is 12.1 Å². The summed E-state index contributed by atoms with van der Waals surface area (Å²) in [5.74, 6) is 0.0558. The Labute approximate surface area is 156 Å². The van der Waals surface area contributed by atoms with Gasteiger partial charge in [-0.05, 0) is 30.5 Å². The molecule has 1 amide bonds. The highest BCUT2D eigenvalue weighted by Crippen LogP contribution is 2.33. The number of hydrogen-bond acceptors (Lipinski definition) is 4.